The van der Waals surface area contributed by atoms with Gasteiger partial charge in [-0.3, -0.25) is 0 Å². The van der Waals surface area contributed by atoms with Crippen LogP contribution in [0, 0.1) is 5.92 Å². The van der Waals surface area contributed by atoms with E-state index in [9.17, 15) is 0 Å². The molecule has 0 aromatic carbocycles. The molecule has 1 atom stereocenters. The molecule has 2 aliphatic rings. The largest absolute Gasteiger partial charge is 0.317 e. The number of piperidine rings is 1. The van der Waals surface area contributed by atoms with Crippen LogP contribution in [-0.2, 0) is 0 Å². The van der Waals surface area contributed by atoms with Crippen molar-refractivity contribution < 1.29 is 0 Å². The summed E-state index contributed by atoms with van der Waals surface area (Å²) in [6, 6.07) is 0.902. The molecule has 0 spiro atoms. The highest BCUT2D eigenvalue weighted by atomic mass is 15.2. The third-order valence-corrected chi connectivity index (χ3v) is 4.39. The van der Waals surface area contributed by atoms with E-state index < -0.39 is 0 Å². The Balaban J connectivity index is 1.75. The van der Waals surface area contributed by atoms with Crippen molar-refractivity contribution in [1.82, 2.24) is 15.1 Å². The van der Waals surface area contributed by atoms with Gasteiger partial charge in [-0.05, 0) is 84.8 Å². The Labute approximate surface area is 107 Å². The van der Waals surface area contributed by atoms with Crippen LogP contribution in [0.5, 0.6) is 0 Å². The molecule has 0 aliphatic carbocycles. The summed E-state index contributed by atoms with van der Waals surface area (Å²) in [6.45, 7) is 6.38. The monoisotopic (exact) mass is 239 g/mol. The Bertz CT molecular complexity index is 212. The molecule has 17 heavy (non-hydrogen) atoms. The quantitative estimate of drug-likeness (QED) is 0.782. The maximum atomic E-state index is 3.49. The lowest BCUT2D eigenvalue weighted by molar-refractivity contribution is 0.157. The van der Waals surface area contributed by atoms with Gasteiger partial charge in [-0.25, -0.2) is 0 Å². The number of nitrogens with zero attached hydrogens (tertiary/aromatic N) is 2. The van der Waals surface area contributed by atoms with Gasteiger partial charge in [-0.1, -0.05) is 0 Å². The van der Waals surface area contributed by atoms with E-state index in [1.807, 2.05) is 0 Å². The topological polar surface area (TPSA) is 18.5 Å². The van der Waals surface area contributed by atoms with Crippen molar-refractivity contribution in [2.45, 2.75) is 38.1 Å². The minimum atomic E-state index is 0.902. The molecule has 1 unspecified atom stereocenters. The van der Waals surface area contributed by atoms with Crippen molar-refractivity contribution >= 4 is 0 Å². The second kappa shape index (κ2) is 6.72. The fourth-order valence-corrected chi connectivity index (χ4v) is 3.48. The minimum absolute atomic E-state index is 0.902. The Morgan fingerprint density at radius 1 is 1.18 bits per heavy atom. The van der Waals surface area contributed by atoms with Gasteiger partial charge in [0.25, 0.3) is 0 Å². The maximum absolute atomic E-state index is 3.49. The first kappa shape index (κ1) is 13.3. The summed E-state index contributed by atoms with van der Waals surface area (Å²) in [5, 5.41) is 3.49. The van der Waals surface area contributed by atoms with Crippen LogP contribution in [0.25, 0.3) is 0 Å². The van der Waals surface area contributed by atoms with E-state index in [2.05, 4.69) is 29.2 Å². The SMILES string of the molecule is CN(C)CCCN1CCCC1C1CCNCC1. The minimum Gasteiger partial charge on any atom is -0.317 e. The molecule has 100 valence electrons. The highest BCUT2D eigenvalue weighted by Gasteiger charge is 2.31. The molecule has 2 aliphatic heterocycles. The molecule has 3 nitrogen and oxygen atoms in total. The van der Waals surface area contributed by atoms with Crippen LogP contribution in [-0.4, -0.2) is 62.7 Å². The molecular formula is C14H29N3. The van der Waals surface area contributed by atoms with E-state index >= 15 is 0 Å². The predicted octanol–water partition coefficient (Wildman–Crippen LogP) is 1.40. The van der Waals surface area contributed by atoms with Crippen LogP contribution in [0.1, 0.15) is 32.1 Å². The summed E-state index contributed by atoms with van der Waals surface area (Å²) in [5.41, 5.74) is 0. The first-order valence-corrected chi connectivity index (χ1v) is 7.37. The van der Waals surface area contributed by atoms with E-state index in [0.717, 1.165) is 12.0 Å². The smallest absolute Gasteiger partial charge is 0.0125 e. The zero-order chi connectivity index (χ0) is 12.1. The zero-order valence-electron chi connectivity index (χ0n) is 11.6. The van der Waals surface area contributed by atoms with Crippen LogP contribution in [0.15, 0.2) is 0 Å². The van der Waals surface area contributed by atoms with Crippen molar-refractivity contribution in [3.05, 3.63) is 0 Å². The standard InChI is InChI=1S/C14H29N3/c1-16(2)10-4-12-17-11-3-5-14(17)13-6-8-15-9-7-13/h13-15H,3-12H2,1-2H3. The van der Waals surface area contributed by atoms with Gasteiger partial charge in [0, 0.05) is 6.04 Å². The fraction of sp³-hybridized carbons (Fsp3) is 1.00. The van der Waals surface area contributed by atoms with Crippen molar-refractivity contribution in [2.24, 2.45) is 5.92 Å². The third kappa shape index (κ3) is 3.94. The average Bonchev–Trinajstić information content (AvgIpc) is 2.78. The Hall–Kier alpha value is -0.120. The average molecular weight is 239 g/mol. The molecule has 2 fully saturated rings. The molecule has 3 heteroatoms. The number of rotatable bonds is 5. The molecule has 0 aromatic heterocycles. The molecule has 2 heterocycles. The number of nitrogens with one attached hydrogen (secondary N) is 1. The lowest BCUT2D eigenvalue weighted by Gasteiger charge is -2.34. The van der Waals surface area contributed by atoms with E-state index in [1.54, 1.807) is 0 Å². The van der Waals surface area contributed by atoms with Crippen LogP contribution >= 0.6 is 0 Å². The first-order valence-electron chi connectivity index (χ1n) is 7.37. The summed E-state index contributed by atoms with van der Waals surface area (Å²) in [7, 11) is 4.35. The number of hydrogen-bond donors (Lipinski definition) is 1. The van der Waals surface area contributed by atoms with Gasteiger partial charge in [-0.2, -0.15) is 0 Å². The van der Waals surface area contributed by atoms with E-state index in [1.165, 1.54) is 64.8 Å². The Kier molecular flexibility index (Phi) is 5.26. The summed E-state index contributed by atoms with van der Waals surface area (Å²) in [4.78, 5) is 5.08. The van der Waals surface area contributed by atoms with Crippen molar-refractivity contribution in [2.75, 3.05) is 46.8 Å². The van der Waals surface area contributed by atoms with E-state index in [0.29, 0.717) is 0 Å². The van der Waals surface area contributed by atoms with Crippen molar-refractivity contribution in [3.63, 3.8) is 0 Å². The summed E-state index contributed by atoms with van der Waals surface area (Å²) in [5.74, 6) is 0.970. The normalized spacial score (nSPS) is 28.1. The second-order valence-electron chi connectivity index (χ2n) is 5.99. The van der Waals surface area contributed by atoms with Gasteiger partial charge in [-0.15, -0.1) is 0 Å². The van der Waals surface area contributed by atoms with Crippen LogP contribution in [0.4, 0.5) is 0 Å². The third-order valence-electron chi connectivity index (χ3n) is 4.39. The van der Waals surface area contributed by atoms with Gasteiger partial charge < -0.3 is 15.1 Å². The maximum Gasteiger partial charge on any atom is 0.0125 e. The molecule has 0 saturated carbocycles. The van der Waals surface area contributed by atoms with Crippen LogP contribution in [0.2, 0.25) is 0 Å². The summed E-state index contributed by atoms with van der Waals surface area (Å²) in [6.07, 6.45) is 7.00. The van der Waals surface area contributed by atoms with Crippen molar-refractivity contribution in [3.8, 4) is 0 Å². The molecule has 0 amide bonds. The molecule has 0 aromatic rings. The predicted molar refractivity (Wildman–Crippen MR) is 73.4 cm³/mol. The first-order chi connectivity index (χ1) is 8.27. The van der Waals surface area contributed by atoms with Gasteiger partial charge in [0.2, 0.25) is 0 Å². The lowest BCUT2D eigenvalue weighted by Crippen LogP contribution is -2.41. The lowest BCUT2D eigenvalue weighted by atomic mass is 9.88. The van der Waals surface area contributed by atoms with Crippen LogP contribution < -0.4 is 5.32 Å². The molecule has 1 N–H and O–H groups in total. The molecule has 0 radical (unpaired) electrons. The van der Waals surface area contributed by atoms with Crippen molar-refractivity contribution in [1.29, 1.82) is 0 Å². The van der Waals surface area contributed by atoms with E-state index in [4.69, 9.17) is 0 Å². The number of likely N-dealkylation sites (tertiary alicyclic amines) is 1. The van der Waals surface area contributed by atoms with Crippen LogP contribution in [0.3, 0.4) is 0 Å². The molecule has 2 rings (SSSR count). The van der Waals surface area contributed by atoms with Gasteiger partial charge in [0.15, 0.2) is 0 Å². The van der Waals surface area contributed by atoms with Gasteiger partial charge >= 0.3 is 0 Å². The Morgan fingerprint density at radius 2 is 1.94 bits per heavy atom. The second-order valence-corrected chi connectivity index (χ2v) is 5.99. The molecule has 2 saturated heterocycles. The highest BCUT2D eigenvalue weighted by molar-refractivity contribution is 4.87. The molecule has 0 bridgehead atoms. The number of hydrogen-bond acceptors (Lipinski definition) is 3. The zero-order valence-corrected chi connectivity index (χ0v) is 11.6. The van der Waals surface area contributed by atoms with Gasteiger partial charge in [0.1, 0.15) is 0 Å². The molecular weight excluding hydrogens is 210 g/mol. The summed E-state index contributed by atoms with van der Waals surface area (Å²) < 4.78 is 0. The summed E-state index contributed by atoms with van der Waals surface area (Å²) >= 11 is 0. The highest BCUT2D eigenvalue weighted by Crippen LogP contribution is 2.29. The van der Waals surface area contributed by atoms with E-state index in [-0.39, 0.29) is 0 Å². The fourth-order valence-electron chi connectivity index (χ4n) is 3.48. The Morgan fingerprint density at radius 3 is 2.65 bits per heavy atom. The van der Waals surface area contributed by atoms with Gasteiger partial charge in [0.05, 0.1) is 0 Å².